The fourth-order valence-electron chi connectivity index (χ4n) is 7.21. The number of hydrogen-bond acceptors (Lipinski definition) is 4. The first-order valence-electron chi connectivity index (χ1n) is 15.5. The molecule has 0 spiro atoms. The van der Waals surface area contributed by atoms with Crippen molar-refractivity contribution in [3.05, 3.63) is 157 Å². The van der Waals surface area contributed by atoms with Crippen molar-refractivity contribution in [1.82, 2.24) is 9.88 Å². The Morgan fingerprint density at radius 2 is 1.22 bits per heavy atom. The summed E-state index contributed by atoms with van der Waals surface area (Å²) in [7, 11) is 0. The van der Waals surface area contributed by atoms with Crippen molar-refractivity contribution in [2.24, 2.45) is 9.98 Å². The monoisotopic (exact) mass is 590 g/mol. The zero-order valence-corrected chi connectivity index (χ0v) is 24.7. The van der Waals surface area contributed by atoms with E-state index in [0.29, 0.717) is 5.84 Å². The number of fused-ring (bicyclic) bond motifs is 12. The molecule has 216 valence electrons. The van der Waals surface area contributed by atoms with Gasteiger partial charge in [-0.05, 0) is 22.4 Å². The smallest absolute Gasteiger partial charge is 0.211 e. The summed E-state index contributed by atoms with van der Waals surface area (Å²) >= 11 is 0. The van der Waals surface area contributed by atoms with Gasteiger partial charge in [-0.2, -0.15) is 4.99 Å². The van der Waals surface area contributed by atoms with E-state index in [1.165, 1.54) is 0 Å². The second kappa shape index (κ2) is 9.65. The van der Waals surface area contributed by atoms with Crippen LogP contribution in [0.1, 0.15) is 17.3 Å². The van der Waals surface area contributed by atoms with E-state index in [4.69, 9.17) is 14.4 Å². The lowest BCUT2D eigenvalue weighted by Crippen LogP contribution is -2.37. The first-order valence-corrected chi connectivity index (χ1v) is 15.5. The Morgan fingerprint density at radius 3 is 2.04 bits per heavy atom. The molecule has 1 N–H and O–H groups in total. The van der Waals surface area contributed by atoms with Gasteiger partial charge in [0, 0.05) is 32.5 Å². The van der Waals surface area contributed by atoms with Crippen molar-refractivity contribution >= 4 is 77.1 Å². The van der Waals surface area contributed by atoms with Gasteiger partial charge in [0.25, 0.3) is 0 Å². The maximum absolute atomic E-state index is 6.78. The molecule has 0 radical (unpaired) electrons. The predicted octanol–water partition coefficient (Wildman–Crippen LogP) is 9.95. The molecular weight excluding hydrogens is 564 g/mol. The van der Waals surface area contributed by atoms with Crippen LogP contribution in [-0.2, 0) is 0 Å². The largest absolute Gasteiger partial charge is 0.455 e. The summed E-state index contributed by atoms with van der Waals surface area (Å²) in [5, 5.41) is 12.8. The molecular formula is C41H26N4O. The molecule has 0 saturated heterocycles. The van der Waals surface area contributed by atoms with Crippen molar-refractivity contribution in [2.45, 2.75) is 6.17 Å². The number of amidine groups is 1. The van der Waals surface area contributed by atoms with Crippen molar-refractivity contribution < 1.29 is 4.42 Å². The van der Waals surface area contributed by atoms with Gasteiger partial charge >= 0.3 is 0 Å². The van der Waals surface area contributed by atoms with Crippen LogP contribution in [0.15, 0.2) is 160 Å². The molecule has 1 aliphatic heterocycles. The average molecular weight is 591 g/mol. The number of nitrogens with zero attached hydrogens (tertiary/aromatic N) is 3. The second-order valence-corrected chi connectivity index (χ2v) is 11.8. The van der Waals surface area contributed by atoms with E-state index < -0.39 is 0 Å². The van der Waals surface area contributed by atoms with Gasteiger partial charge in [0.2, 0.25) is 5.96 Å². The van der Waals surface area contributed by atoms with Crippen LogP contribution in [0.3, 0.4) is 0 Å². The highest BCUT2D eigenvalue weighted by atomic mass is 16.3. The van der Waals surface area contributed by atoms with Crippen LogP contribution in [0.4, 0.5) is 0 Å². The minimum absolute atomic E-state index is 0.326. The molecule has 2 aromatic heterocycles. The Morgan fingerprint density at radius 1 is 0.543 bits per heavy atom. The van der Waals surface area contributed by atoms with Gasteiger partial charge in [-0.25, -0.2) is 4.99 Å². The topological polar surface area (TPSA) is 54.8 Å². The maximum Gasteiger partial charge on any atom is 0.211 e. The molecule has 5 nitrogen and oxygen atoms in total. The quantitative estimate of drug-likeness (QED) is 0.218. The SMILES string of the molecule is c1ccc(C2=NC(c3ccccc3)NC(n3c4c5ccccc5ccc4c4c5oc6ccccc6c5c5ccccc5c43)=N2)cc1. The van der Waals surface area contributed by atoms with Crippen LogP contribution < -0.4 is 5.32 Å². The molecule has 0 aliphatic carbocycles. The Hall–Kier alpha value is -6.20. The van der Waals surface area contributed by atoms with Crippen LogP contribution in [0, 0.1) is 0 Å². The first kappa shape index (κ1) is 25.2. The van der Waals surface area contributed by atoms with Gasteiger partial charge in [-0.3, -0.25) is 4.57 Å². The molecule has 46 heavy (non-hydrogen) atoms. The first-order chi connectivity index (χ1) is 22.8. The number of aromatic nitrogens is 1. The number of rotatable bonds is 2. The van der Waals surface area contributed by atoms with Gasteiger partial charge in [0.15, 0.2) is 5.84 Å². The molecule has 1 atom stereocenters. The summed E-state index contributed by atoms with van der Waals surface area (Å²) < 4.78 is 9.09. The lowest BCUT2D eigenvalue weighted by molar-refractivity contribution is 0.661. The number of hydrogen-bond donors (Lipinski definition) is 1. The third-order valence-corrected chi connectivity index (χ3v) is 9.22. The predicted molar refractivity (Wildman–Crippen MR) is 190 cm³/mol. The molecule has 0 amide bonds. The third-order valence-electron chi connectivity index (χ3n) is 9.22. The van der Waals surface area contributed by atoms with Gasteiger partial charge in [0.1, 0.15) is 17.3 Å². The Labute approximate surface area is 263 Å². The number of benzene rings is 7. The van der Waals surface area contributed by atoms with Gasteiger partial charge in [-0.1, -0.05) is 140 Å². The number of nitrogens with one attached hydrogen (secondary N) is 1. The molecule has 7 aromatic carbocycles. The summed E-state index contributed by atoms with van der Waals surface area (Å²) in [6.07, 6.45) is -0.326. The highest BCUT2D eigenvalue weighted by Gasteiger charge is 2.28. The van der Waals surface area contributed by atoms with Crippen molar-refractivity contribution in [2.75, 3.05) is 0 Å². The normalized spacial score (nSPS) is 15.2. The highest BCUT2D eigenvalue weighted by molar-refractivity contribution is 6.38. The number of aliphatic imine (C=N–C) groups is 2. The summed E-state index contributed by atoms with van der Waals surface area (Å²) in [5.74, 6) is 1.41. The fourth-order valence-corrected chi connectivity index (χ4v) is 7.21. The summed E-state index contributed by atoms with van der Waals surface area (Å²) in [6, 6.07) is 50.6. The summed E-state index contributed by atoms with van der Waals surface area (Å²) in [4.78, 5) is 10.4. The molecule has 0 fully saturated rings. The van der Waals surface area contributed by atoms with E-state index in [-0.39, 0.29) is 6.17 Å². The van der Waals surface area contributed by atoms with Gasteiger partial charge in [0.05, 0.1) is 16.4 Å². The van der Waals surface area contributed by atoms with E-state index in [9.17, 15) is 0 Å². The molecule has 1 unspecified atom stereocenters. The Balaban J connectivity index is 1.40. The van der Waals surface area contributed by atoms with Crippen LogP contribution in [-0.4, -0.2) is 16.4 Å². The Bertz CT molecular complexity index is 2720. The van der Waals surface area contributed by atoms with Crippen LogP contribution in [0.25, 0.3) is 65.3 Å². The lowest BCUT2D eigenvalue weighted by Gasteiger charge is -2.25. The molecule has 0 bridgehead atoms. The van der Waals surface area contributed by atoms with E-state index in [0.717, 1.165) is 82.4 Å². The highest BCUT2D eigenvalue weighted by Crippen LogP contribution is 2.46. The Kier molecular flexibility index (Phi) is 5.28. The lowest BCUT2D eigenvalue weighted by atomic mass is 9.99. The van der Waals surface area contributed by atoms with Crippen molar-refractivity contribution in [3.8, 4) is 0 Å². The van der Waals surface area contributed by atoms with E-state index in [1.54, 1.807) is 0 Å². The minimum atomic E-state index is -0.326. The third kappa shape index (κ3) is 3.57. The van der Waals surface area contributed by atoms with Gasteiger partial charge < -0.3 is 9.73 Å². The van der Waals surface area contributed by atoms with Crippen LogP contribution >= 0.6 is 0 Å². The number of furan rings is 1. The van der Waals surface area contributed by atoms with Crippen LogP contribution in [0.2, 0.25) is 0 Å². The van der Waals surface area contributed by atoms with E-state index in [2.05, 4.69) is 125 Å². The fraction of sp³-hybridized carbons (Fsp3) is 0.0244. The molecule has 0 saturated carbocycles. The van der Waals surface area contributed by atoms with E-state index in [1.807, 2.05) is 30.3 Å². The average Bonchev–Trinajstić information content (AvgIpc) is 3.69. The standard InChI is InChI=1S/C41H26N4O/c1-3-14-26(15-4-1)39-42-40(27-16-5-2-6-17-27)44-41(43-39)45-36-28-18-8-7-13-25(28)23-24-32(36)35-37(45)30-20-10-9-19-29(30)34-31-21-11-12-22-33(31)46-38(34)35/h1-24,39H,(H,42,43,44). The zero-order valence-electron chi connectivity index (χ0n) is 24.7. The van der Waals surface area contributed by atoms with Crippen molar-refractivity contribution in [3.63, 3.8) is 0 Å². The number of para-hydroxylation sites is 1. The zero-order chi connectivity index (χ0) is 30.2. The summed E-state index contributed by atoms with van der Waals surface area (Å²) in [5.41, 5.74) is 5.95. The molecule has 3 heterocycles. The molecule has 1 aliphatic rings. The van der Waals surface area contributed by atoms with Crippen molar-refractivity contribution in [1.29, 1.82) is 0 Å². The van der Waals surface area contributed by atoms with E-state index >= 15 is 0 Å². The second-order valence-electron chi connectivity index (χ2n) is 11.8. The molecule has 9 aromatic rings. The molecule has 5 heteroatoms. The molecule has 10 rings (SSSR count). The summed E-state index contributed by atoms with van der Waals surface area (Å²) in [6.45, 7) is 0. The minimum Gasteiger partial charge on any atom is -0.455 e. The van der Waals surface area contributed by atoms with Crippen LogP contribution in [0.5, 0.6) is 0 Å². The van der Waals surface area contributed by atoms with Gasteiger partial charge in [-0.15, -0.1) is 0 Å². The maximum atomic E-state index is 6.78.